The second-order valence-corrected chi connectivity index (χ2v) is 7.04. The molecular formula is C18H24O2. The third-order valence-electron chi connectivity index (χ3n) is 2.67. The van der Waals surface area contributed by atoms with Crippen molar-refractivity contribution in [3.8, 4) is 11.5 Å². The van der Waals surface area contributed by atoms with Gasteiger partial charge in [0.2, 0.25) is 0 Å². The summed E-state index contributed by atoms with van der Waals surface area (Å²) in [6.07, 6.45) is 0. The molecule has 0 aromatic heterocycles. The van der Waals surface area contributed by atoms with E-state index in [9.17, 15) is 0 Å². The minimum absolute atomic E-state index is 0.252. The number of ether oxygens (including phenoxy) is 2. The van der Waals surface area contributed by atoms with Crippen LogP contribution in [0.3, 0.4) is 0 Å². The maximum absolute atomic E-state index is 6.17. The highest BCUT2D eigenvalue weighted by Gasteiger charge is 2.21. The van der Waals surface area contributed by atoms with E-state index in [1.807, 2.05) is 39.0 Å². The summed E-state index contributed by atoms with van der Waals surface area (Å²) in [4.78, 5) is 0. The molecule has 0 bridgehead atoms. The summed E-state index contributed by atoms with van der Waals surface area (Å²) in [5.74, 6) is 1.62. The van der Waals surface area contributed by atoms with E-state index >= 15 is 0 Å². The molecule has 108 valence electrons. The van der Waals surface area contributed by atoms with Crippen molar-refractivity contribution in [3.63, 3.8) is 0 Å². The molecule has 0 amide bonds. The zero-order chi connectivity index (χ0) is 15.0. The van der Waals surface area contributed by atoms with Crippen LogP contribution in [0, 0.1) is 0 Å². The molecule has 20 heavy (non-hydrogen) atoms. The summed E-state index contributed by atoms with van der Waals surface area (Å²) in [6, 6.07) is 12.3. The molecule has 0 N–H and O–H groups in total. The van der Waals surface area contributed by atoms with Crippen LogP contribution >= 0.6 is 0 Å². The number of benzene rings is 2. The van der Waals surface area contributed by atoms with E-state index in [4.69, 9.17) is 9.47 Å². The van der Waals surface area contributed by atoms with Gasteiger partial charge in [0.15, 0.2) is 11.5 Å². The molecule has 0 fully saturated rings. The van der Waals surface area contributed by atoms with Crippen molar-refractivity contribution in [1.82, 2.24) is 0 Å². The summed E-state index contributed by atoms with van der Waals surface area (Å²) in [5.41, 5.74) is -0.515. The SMILES string of the molecule is CC(C)(C)Oc1ccc2ccccc2c1OC(C)(C)C. The molecule has 0 aliphatic carbocycles. The molecule has 2 rings (SSSR count). The molecule has 0 saturated heterocycles. The van der Waals surface area contributed by atoms with Gasteiger partial charge in [0.1, 0.15) is 11.2 Å². The summed E-state index contributed by atoms with van der Waals surface area (Å²) in [7, 11) is 0. The fourth-order valence-electron chi connectivity index (χ4n) is 2.04. The predicted octanol–water partition coefficient (Wildman–Crippen LogP) is 5.19. The Morgan fingerprint density at radius 1 is 0.700 bits per heavy atom. The summed E-state index contributed by atoms with van der Waals surface area (Å²) < 4.78 is 12.2. The second kappa shape index (κ2) is 5.01. The second-order valence-electron chi connectivity index (χ2n) is 7.04. The van der Waals surface area contributed by atoms with Gasteiger partial charge in [0, 0.05) is 5.39 Å². The lowest BCUT2D eigenvalue weighted by molar-refractivity contribution is 0.0975. The monoisotopic (exact) mass is 272 g/mol. The van der Waals surface area contributed by atoms with Crippen molar-refractivity contribution in [1.29, 1.82) is 0 Å². The van der Waals surface area contributed by atoms with Gasteiger partial charge in [-0.3, -0.25) is 0 Å². The standard InChI is InChI=1S/C18H24O2/c1-17(2,3)19-15-12-11-13-9-7-8-10-14(13)16(15)20-18(4,5)6/h7-12H,1-6H3. The lowest BCUT2D eigenvalue weighted by atomic mass is 10.1. The maximum atomic E-state index is 6.17. The third kappa shape index (κ3) is 3.66. The van der Waals surface area contributed by atoms with Gasteiger partial charge in [-0.2, -0.15) is 0 Å². The van der Waals surface area contributed by atoms with Crippen molar-refractivity contribution in [2.75, 3.05) is 0 Å². The third-order valence-corrected chi connectivity index (χ3v) is 2.67. The molecule has 2 aromatic carbocycles. The fraction of sp³-hybridized carbons (Fsp3) is 0.444. The molecule has 2 heteroatoms. The van der Waals surface area contributed by atoms with Gasteiger partial charge in [-0.25, -0.2) is 0 Å². The Kier molecular flexibility index (Phi) is 3.68. The van der Waals surface area contributed by atoms with Gasteiger partial charge in [-0.1, -0.05) is 30.3 Å². The van der Waals surface area contributed by atoms with Crippen LogP contribution in [0.5, 0.6) is 11.5 Å². The first kappa shape index (κ1) is 14.7. The van der Waals surface area contributed by atoms with Crippen LogP contribution in [-0.2, 0) is 0 Å². The van der Waals surface area contributed by atoms with E-state index in [1.54, 1.807) is 0 Å². The first-order valence-corrected chi connectivity index (χ1v) is 7.05. The van der Waals surface area contributed by atoms with E-state index in [-0.39, 0.29) is 11.2 Å². The van der Waals surface area contributed by atoms with Crippen LogP contribution in [0.1, 0.15) is 41.5 Å². The predicted molar refractivity (Wildman–Crippen MR) is 84.7 cm³/mol. The highest BCUT2D eigenvalue weighted by atomic mass is 16.5. The lowest BCUT2D eigenvalue weighted by Gasteiger charge is -2.28. The maximum Gasteiger partial charge on any atom is 0.169 e. The Hall–Kier alpha value is -1.70. The Morgan fingerprint density at radius 2 is 1.30 bits per heavy atom. The molecule has 0 heterocycles. The molecule has 0 aliphatic heterocycles. The number of rotatable bonds is 2. The lowest BCUT2D eigenvalue weighted by Crippen LogP contribution is -2.26. The normalized spacial score (nSPS) is 12.5. The van der Waals surface area contributed by atoms with Gasteiger partial charge in [-0.15, -0.1) is 0 Å². The minimum Gasteiger partial charge on any atom is -0.484 e. The minimum atomic E-state index is -0.264. The highest BCUT2D eigenvalue weighted by molar-refractivity contribution is 5.90. The summed E-state index contributed by atoms with van der Waals surface area (Å²) in [6.45, 7) is 12.3. The van der Waals surface area contributed by atoms with E-state index in [0.29, 0.717) is 0 Å². The van der Waals surface area contributed by atoms with Gasteiger partial charge < -0.3 is 9.47 Å². The van der Waals surface area contributed by atoms with Gasteiger partial charge in [-0.05, 0) is 53.0 Å². The highest BCUT2D eigenvalue weighted by Crippen LogP contribution is 2.39. The average Bonchev–Trinajstić information content (AvgIpc) is 2.29. The molecule has 0 saturated carbocycles. The average molecular weight is 272 g/mol. The molecule has 2 aromatic rings. The van der Waals surface area contributed by atoms with Gasteiger partial charge >= 0.3 is 0 Å². The first-order valence-electron chi connectivity index (χ1n) is 7.05. The van der Waals surface area contributed by atoms with E-state index < -0.39 is 0 Å². The molecule has 0 atom stereocenters. The number of hydrogen-bond acceptors (Lipinski definition) is 2. The molecular weight excluding hydrogens is 248 g/mol. The van der Waals surface area contributed by atoms with Gasteiger partial charge in [0.25, 0.3) is 0 Å². The van der Waals surface area contributed by atoms with Crippen LogP contribution in [0.2, 0.25) is 0 Å². The summed E-state index contributed by atoms with van der Waals surface area (Å²) in [5, 5.41) is 2.25. The van der Waals surface area contributed by atoms with E-state index in [0.717, 1.165) is 22.3 Å². The summed E-state index contributed by atoms with van der Waals surface area (Å²) >= 11 is 0. The first-order chi connectivity index (χ1) is 9.16. The number of hydrogen-bond donors (Lipinski definition) is 0. The van der Waals surface area contributed by atoms with Crippen LogP contribution < -0.4 is 9.47 Å². The van der Waals surface area contributed by atoms with E-state index in [2.05, 4.69) is 39.0 Å². The smallest absolute Gasteiger partial charge is 0.169 e. The van der Waals surface area contributed by atoms with Crippen LogP contribution in [-0.4, -0.2) is 11.2 Å². The zero-order valence-electron chi connectivity index (χ0n) is 13.3. The van der Waals surface area contributed by atoms with Crippen LogP contribution in [0.4, 0.5) is 0 Å². The number of fused-ring (bicyclic) bond motifs is 1. The largest absolute Gasteiger partial charge is 0.484 e. The van der Waals surface area contributed by atoms with Crippen molar-refractivity contribution in [2.45, 2.75) is 52.7 Å². The molecule has 0 spiro atoms. The zero-order valence-corrected chi connectivity index (χ0v) is 13.3. The molecule has 2 nitrogen and oxygen atoms in total. The Labute approximate surface area is 121 Å². The molecule has 0 radical (unpaired) electrons. The van der Waals surface area contributed by atoms with Crippen molar-refractivity contribution < 1.29 is 9.47 Å². The van der Waals surface area contributed by atoms with Gasteiger partial charge in [0.05, 0.1) is 0 Å². The van der Waals surface area contributed by atoms with Crippen LogP contribution in [0.25, 0.3) is 10.8 Å². The topological polar surface area (TPSA) is 18.5 Å². The van der Waals surface area contributed by atoms with Crippen molar-refractivity contribution in [2.24, 2.45) is 0 Å². The Bertz CT molecular complexity index is 601. The Morgan fingerprint density at radius 3 is 1.90 bits per heavy atom. The fourth-order valence-corrected chi connectivity index (χ4v) is 2.04. The van der Waals surface area contributed by atoms with E-state index in [1.165, 1.54) is 0 Å². The quantitative estimate of drug-likeness (QED) is 0.748. The molecule has 0 unspecified atom stereocenters. The molecule has 0 aliphatic rings. The van der Waals surface area contributed by atoms with Crippen molar-refractivity contribution >= 4 is 10.8 Å². The Balaban J connectivity index is 2.59. The van der Waals surface area contributed by atoms with Crippen LogP contribution in [0.15, 0.2) is 36.4 Å². The van der Waals surface area contributed by atoms with Crippen molar-refractivity contribution in [3.05, 3.63) is 36.4 Å².